The van der Waals surface area contributed by atoms with Crippen LogP contribution in [-0.2, 0) is 4.74 Å². The number of morpholine rings is 1. The second-order valence-electron chi connectivity index (χ2n) is 8.43. The Bertz CT molecular complexity index is 1300. The highest BCUT2D eigenvalue weighted by molar-refractivity contribution is 5.94. The molecule has 0 aliphatic carbocycles. The molecule has 4 aromatic rings. The summed E-state index contributed by atoms with van der Waals surface area (Å²) in [5.41, 5.74) is 4.18. The zero-order valence-corrected chi connectivity index (χ0v) is 19.5. The van der Waals surface area contributed by atoms with Gasteiger partial charge in [0, 0.05) is 60.3 Å². The number of anilines is 4. The first-order valence-electron chi connectivity index (χ1n) is 11.6. The summed E-state index contributed by atoms with van der Waals surface area (Å²) >= 11 is 0. The van der Waals surface area contributed by atoms with E-state index in [2.05, 4.69) is 41.0 Å². The van der Waals surface area contributed by atoms with E-state index < -0.39 is 0 Å². The first-order valence-corrected chi connectivity index (χ1v) is 11.6. The van der Waals surface area contributed by atoms with Crippen molar-refractivity contribution in [3.63, 3.8) is 0 Å². The number of carbonyl (C=O) groups is 1. The molecule has 5 rings (SSSR count). The van der Waals surface area contributed by atoms with Gasteiger partial charge in [0.05, 0.1) is 24.9 Å². The van der Waals surface area contributed by atoms with Gasteiger partial charge in [-0.3, -0.25) is 14.8 Å². The molecule has 3 heterocycles. The lowest BCUT2D eigenvalue weighted by Gasteiger charge is -2.26. The lowest BCUT2D eigenvalue weighted by molar-refractivity contribution is 0.0383. The third kappa shape index (κ3) is 5.73. The Morgan fingerprint density at radius 2 is 1.86 bits per heavy atom. The van der Waals surface area contributed by atoms with Crippen LogP contribution in [0.3, 0.4) is 0 Å². The molecule has 1 aliphatic heterocycles. The summed E-state index contributed by atoms with van der Waals surface area (Å²) in [5, 5.41) is 17.6. The van der Waals surface area contributed by atoms with E-state index in [-0.39, 0.29) is 5.91 Å². The Kier molecular flexibility index (Phi) is 6.82. The lowest BCUT2D eigenvalue weighted by Crippen LogP contribution is -2.41. The lowest BCUT2D eigenvalue weighted by atomic mass is 10.2. The molecule has 10 nitrogen and oxygen atoms in total. The summed E-state index contributed by atoms with van der Waals surface area (Å²) in [6.07, 6.45) is 3.56. The number of nitrogens with zero attached hydrogens (tertiary/aromatic N) is 4. The van der Waals surface area contributed by atoms with Crippen molar-refractivity contribution in [2.75, 3.05) is 50.0 Å². The number of hydrogen-bond donors (Lipinski definition) is 4. The van der Waals surface area contributed by atoms with Gasteiger partial charge in [-0.15, -0.1) is 0 Å². The number of benzene rings is 2. The maximum Gasteiger partial charge on any atom is 0.251 e. The predicted octanol–water partition coefficient (Wildman–Crippen LogP) is 3.21. The Balaban J connectivity index is 1.18. The number of carbonyl (C=O) groups excluding carboxylic acids is 1. The smallest absolute Gasteiger partial charge is 0.251 e. The van der Waals surface area contributed by atoms with Gasteiger partial charge >= 0.3 is 0 Å². The van der Waals surface area contributed by atoms with Gasteiger partial charge in [-0.2, -0.15) is 10.1 Å². The van der Waals surface area contributed by atoms with Crippen molar-refractivity contribution in [3.8, 4) is 0 Å². The molecule has 1 aliphatic rings. The number of H-pyrrole nitrogens is 1. The minimum absolute atomic E-state index is 0.0860. The Morgan fingerprint density at radius 1 is 1.06 bits per heavy atom. The van der Waals surface area contributed by atoms with E-state index in [1.807, 2.05) is 37.3 Å². The fraction of sp³-hybridized carbons (Fsp3) is 0.280. The highest BCUT2D eigenvalue weighted by Gasteiger charge is 2.11. The third-order valence-corrected chi connectivity index (χ3v) is 5.90. The molecule has 1 saturated heterocycles. The van der Waals surface area contributed by atoms with Gasteiger partial charge in [0.25, 0.3) is 5.91 Å². The van der Waals surface area contributed by atoms with Crippen LogP contribution in [0.25, 0.3) is 10.9 Å². The molecule has 0 saturated carbocycles. The molecule has 180 valence electrons. The molecule has 0 unspecified atom stereocenters. The Hall–Kier alpha value is -4.02. The fourth-order valence-corrected chi connectivity index (χ4v) is 3.87. The number of aromatic nitrogens is 4. The number of amides is 1. The van der Waals surface area contributed by atoms with Crippen molar-refractivity contribution in [2.24, 2.45) is 0 Å². The van der Waals surface area contributed by atoms with Crippen LogP contribution in [0.5, 0.6) is 0 Å². The zero-order valence-electron chi connectivity index (χ0n) is 19.5. The average Bonchev–Trinajstić information content (AvgIpc) is 3.35. The van der Waals surface area contributed by atoms with Crippen LogP contribution in [0.15, 0.2) is 54.9 Å². The van der Waals surface area contributed by atoms with Crippen molar-refractivity contribution >= 4 is 40.0 Å². The Labute approximate surface area is 203 Å². The van der Waals surface area contributed by atoms with Crippen LogP contribution < -0.4 is 16.0 Å². The van der Waals surface area contributed by atoms with Crippen LogP contribution in [0, 0.1) is 6.92 Å². The van der Waals surface area contributed by atoms with E-state index in [1.54, 1.807) is 24.5 Å². The number of fused-ring (bicyclic) bond motifs is 1. The summed E-state index contributed by atoms with van der Waals surface area (Å²) in [6, 6.07) is 13.2. The highest BCUT2D eigenvalue weighted by Crippen LogP contribution is 2.23. The molecule has 0 atom stereocenters. The van der Waals surface area contributed by atoms with E-state index >= 15 is 0 Å². The number of nitrogens with one attached hydrogen (secondary N) is 4. The average molecular weight is 473 g/mol. The van der Waals surface area contributed by atoms with Gasteiger partial charge in [0.1, 0.15) is 5.82 Å². The third-order valence-electron chi connectivity index (χ3n) is 5.90. The van der Waals surface area contributed by atoms with Gasteiger partial charge in [-0.25, -0.2) is 4.98 Å². The quantitative estimate of drug-likeness (QED) is 0.309. The minimum Gasteiger partial charge on any atom is -0.379 e. The van der Waals surface area contributed by atoms with E-state index in [0.717, 1.165) is 60.7 Å². The normalized spacial score (nSPS) is 14.1. The van der Waals surface area contributed by atoms with E-state index in [0.29, 0.717) is 23.9 Å². The van der Waals surface area contributed by atoms with Crippen LogP contribution in [-0.4, -0.2) is 70.4 Å². The monoisotopic (exact) mass is 472 g/mol. The second kappa shape index (κ2) is 10.5. The summed E-state index contributed by atoms with van der Waals surface area (Å²) in [7, 11) is 0. The standard InChI is InChI=1S/C25H28N8O2/c1-17-15-27-25(31-23(17)29-21-7-4-19-16-28-32-22(19)14-21)30-20-5-2-18(3-6-20)24(34)26-8-9-33-10-12-35-13-11-33/h2-7,14-16H,8-13H2,1H3,(H,26,34)(H,28,32)(H2,27,29,30,31). The second-order valence-corrected chi connectivity index (χ2v) is 8.43. The van der Waals surface area contributed by atoms with E-state index in [4.69, 9.17) is 4.74 Å². The summed E-state index contributed by atoms with van der Waals surface area (Å²) in [6.45, 7) is 6.72. The first kappa shape index (κ1) is 22.8. The topological polar surface area (TPSA) is 120 Å². The maximum atomic E-state index is 12.5. The molecular formula is C25H28N8O2. The first-order chi connectivity index (χ1) is 17.1. The maximum absolute atomic E-state index is 12.5. The molecule has 4 N–H and O–H groups in total. The van der Waals surface area contributed by atoms with Crippen molar-refractivity contribution in [3.05, 3.63) is 66.0 Å². The molecule has 10 heteroatoms. The largest absolute Gasteiger partial charge is 0.379 e. The SMILES string of the molecule is Cc1cnc(Nc2ccc(C(=O)NCCN3CCOCC3)cc2)nc1Nc1ccc2cn[nH]c2c1. The molecule has 0 radical (unpaired) electrons. The number of rotatable bonds is 8. The van der Waals surface area contributed by atoms with Crippen molar-refractivity contribution < 1.29 is 9.53 Å². The molecule has 2 aromatic heterocycles. The molecule has 1 amide bonds. The molecule has 0 spiro atoms. The molecule has 2 aromatic carbocycles. The number of aromatic amines is 1. The minimum atomic E-state index is -0.0860. The van der Waals surface area contributed by atoms with Crippen molar-refractivity contribution in [1.82, 2.24) is 30.4 Å². The molecule has 1 fully saturated rings. The van der Waals surface area contributed by atoms with Crippen LogP contribution in [0.4, 0.5) is 23.1 Å². The number of hydrogen-bond acceptors (Lipinski definition) is 8. The zero-order chi connectivity index (χ0) is 24.0. The molecular weight excluding hydrogens is 444 g/mol. The van der Waals surface area contributed by atoms with E-state index in [1.165, 1.54) is 0 Å². The van der Waals surface area contributed by atoms with Gasteiger partial charge in [-0.1, -0.05) is 0 Å². The van der Waals surface area contributed by atoms with Crippen LogP contribution >= 0.6 is 0 Å². The fourth-order valence-electron chi connectivity index (χ4n) is 3.87. The van der Waals surface area contributed by atoms with Crippen LogP contribution in [0.1, 0.15) is 15.9 Å². The van der Waals surface area contributed by atoms with Crippen LogP contribution in [0.2, 0.25) is 0 Å². The number of ether oxygens (including phenoxy) is 1. The van der Waals surface area contributed by atoms with Gasteiger partial charge in [0.15, 0.2) is 0 Å². The predicted molar refractivity (Wildman–Crippen MR) is 135 cm³/mol. The van der Waals surface area contributed by atoms with Crippen molar-refractivity contribution in [1.29, 1.82) is 0 Å². The molecule has 35 heavy (non-hydrogen) atoms. The van der Waals surface area contributed by atoms with E-state index in [9.17, 15) is 4.79 Å². The summed E-state index contributed by atoms with van der Waals surface area (Å²) in [5.74, 6) is 1.08. The summed E-state index contributed by atoms with van der Waals surface area (Å²) in [4.78, 5) is 23.8. The Morgan fingerprint density at radius 3 is 2.69 bits per heavy atom. The number of aryl methyl sites for hydroxylation is 1. The highest BCUT2D eigenvalue weighted by atomic mass is 16.5. The van der Waals surface area contributed by atoms with Crippen molar-refractivity contribution in [2.45, 2.75) is 6.92 Å². The van der Waals surface area contributed by atoms with Gasteiger partial charge in [0.2, 0.25) is 5.95 Å². The van der Waals surface area contributed by atoms with Gasteiger partial charge in [-0.05, 0) is 49.4 Å². The molecule has 0 bridgehead atoms. The summed E-state index contributed by atoms with van der Waals surface area (Å²) < 4.78 is 5.35. The van der Waals surface area contributed by atoms with Gasteiger partial charge < -0.3 is 20.7 Å².